The molecule has 1 aromatic heterocycles. The van der Waals surface area contributed by atoms with E-state index in [0.29, 0.717) is 50.2 Å². The normalized spacial score (nSPS) is 16.1. The monoisotopic (exact) mass is 437 g/mol. The van der Waals surface area contributed by atoms with Gasteiger partial charge in [-0.15, -0.1) is 6.58 Å². The summed E-state index contributed by atoms with van der Waals surface area (Å²) in [6.07, 6.45) is 3.26. The van der Waals surface area contributed by atoms with Crippen LogP contribution in [0.15, 0.2) is 58.6 Å². The van der Waals surface area contributed by atoms with Gasteiger partial charge in [0, 0.05) is 32.1 Å². The molecule has 3 rings (SSSR count). The number of hydrogen-bond acceptors (Lipinski definition) is 6. The summed E-state index contributed by atoms with van der Waals surface area (Å²) in [5.41, 5.74) is 7.27. The van der Waals surface area contributed by atoms with Crippen molar-refractivity contribution in [3.05, 3.63) is 70.4 Å². The van der Waals surface area contributed by atoms with E-state index in [1.165, 1.54) is 10.9 Å². The van der Waals surface area contributed by atoms with Crippen LogP contribution in [0.2, 0.25) is 0 Å². The van der Waals surface area contributed by atoms with Crippen LogP contribution in [0, 0.1) is 0 Å². The van der Waals surface area contributed by atoms with Gasteiger partial charge in [-0.1, -0.05) is 35.9 Å². The molecule has 0 bridgehead atoms. The van der Waals surface area contributed by atoms with E-state index in [2.05, 4.69) is 16.6 Å². The van der Waals surface area contributed by atoms with Gasteiger partial charge in [0.05, 0.1) is 24.2 Å². The van der Waals surface area contributed by atoms with Crippen LogP contribution in [0.5, 0.6) is 0 Å². The predicted molar refractivity (Wildman–Crippen MR) is 126 cm³/mol. The summed E-state index contributed by atoms with van der Waals surface area (Å²) in [7, 11) is 1.63. The van der Waals surface area contributed by atoms with Gasteiger partial charge in [0.2, 0.25) is 5.91 Å². The van der Waals surface area contributed by atoms with E-state index in [1.807, 2.05) is 37.3 Å². The summed E-state index contributed by atoms with van der Waals surface area (Å²) in [4.78, 5) is 35.7. The first kappa shape index (κ1) is 23.4. The molecule has 3 N–H and O–H groups in total. The Hall–Kier alpha value is -3.26. The number of amides is 1. The fraction of sp³-hybridized carbons (Fsp3) is 0.417. The number of rotatable bonds is 7. The first-order valence-corrected chi connectivity index (χ1v) is 10.8. The van der Waals surface area contributed by atoms with Crippen LogP contribution in [0.25, 0.3) is 0 Å². The van der Waals surface area contributed by atoms with Gasteiger partial charge >= 0.3 is 0 Å². The maximum Gasteiger partial charge on any atom is 0.277 e. The Balaban J connectivity index is 1.72. The Morgan fingerprint density at radius 3 is 2.50 bits per heavy atom. The van der Waals surface area contributed by atoms with Crippen LogP contribution in [0.3, 0.4) is 0 Å². The van der Waals surface area contributed by atoms with Crippen LogP contribution in [0.4, 0.5) is 5.69 Å². The largest absolute Gasteiger partial charge is 0.392 e. The summed E-state index contributed by atoms with van der Waals surface area (Å²) >= 11 is 0. The SMILES string of the molecule is C=C(C)CCC(=O)N1CCC(O)(Cn2cnc(C(=NC)c3ccccc3)c(N)c2=O)CC1. The highest BCUT2D eigenvalue weighted by Gasteiger charge is 2.34. The highest BCUT2D eigenvalue weighted by molar-refractivity contribution is 6.14. The molecule has 0 aliphatic carbocycles. The molecule has 8 heteroatoms. The number of allylic oxidation sites excluding steroid dienone is 1. The Kier molecular flexibility index (Phi) is 7.25. The molecule has 1 amide bonds. The summed E-state index contributed by atoms with van der Waals surface area (Å²) in [5.74, 6) is 0.0646. The molecule has 0 radical (unpaired) electrons. The van der Waals surface area contributed by atoms with Crippen LogP contribution in [0.1, 0.15) is 43.9 Å². The molecule has 1 aromatic carbocycles. The standard InChI is InChI=1S/C24H31N5O3/c1-17(2)9-10-19(30)28-13-11-24(32,12-14-28)15-29-16-27-22(20(25)23(29)31)21(26-3)18-7-5-4-6-8-18/h4-8,16,32H,1,9-15,25H2,2-3H3. The number of nitrogens with two attached hydrogens (primary N) is 1. The lowest BCUT2D eigenvalue weighted by atomic mass is 9.91. The second-order valence-corrected chi connectivity index (χ2v) is 8.44. The highest BCUT2D eigenvalue weighted by Crippen LogP contribution is 2.25. The molecule has 1 saturated heterocycles. The summed E-state index contributed by atoms with van der Waals surface area (Å²) in [6.45, 7) is 6.70. The molecular weight excluding hydrogens is 406 g/mol. The number of nitrogens with zero attached hydrogens (tertiary/aromatic N) is 4. The molecule has 2 aromatic rings. The quantitative estimate of drug-likeness (QED) is 0.508. The fourth-order valence-corrected chi connectivity index (χ4v) is 3.90. The smallest absolute Gasteiger partial charge is 0.277 e. The highest BCUT2D eigenvalue weighted by atomic mass is 16.3. The molecule has 1 aliphatic heterocycles. The van der Waals surface area contributed by atoms with Crippen LogP contribution < -0.4 is 11.3 Å². The van der Waals surface area contributed by atoms with E-state index in [1.54, 1.807) is 11.9 Å². The minimum Gasteiger partial charge on any atom is -0.392 e. The lowest BCUT2D eigenvalue weighted by Gasteiger charge is -2.38. The number of nitrogen functional groups attached to an aromatic ring is 1. The average molecular weight is 438 g/mol. The molecule has 0 saturated carbocycles. The second kappa shape index (κ2) is 9.91. The van der Waals surface area contributed by atoms with E-state index in [-0.39, 0.29) is 18.1 Å². The van der Waals surface area contributed by atoms with Gasteiger partial charge in [-0.2, -0.15) is 0 Å². The molecule has 2 heterocycles. The minimum absolute atomic E-state index is 0.00652. The van der Waals surface area contributed by atoms with Crippen molar-refractivity contribution in [2.75, 3.05) is 25.9 Å². The lowest BCUT2D eigenvalue weighted by Crippen LogP contribution is -2.49. The number of aliphatic imine (C=N–C) groups is 1. The maximum absolute atomic E-state index is 12.9. The fourth-order valence-electron chi connectivity index (χ4n) is 3.90. The number of anilines is 1. The van der Waals surface area contributed by atoms with Crippen molar-refractivity contribution in [3.63, 3.8) is 0 Å². The van der Waals surface area contributed by atoms with Crippen molar-refractivity contribution in [2.24, 2.45) is 4.99 Å². The van der Waals surface area contributed by atoms with Gasteiger partial charge in [-0.3, -0.25) is 19.1 Å². The van der Waals surface area contributed by atoms with Crippen LogP contribution >= 0.6 is 0 Å². The molecule has 0 atom stereocenters. The minimum atomic E-state index is -1.11. The summed E-state index contributed by atoms with van der Waals surface area (Å²) < 4.78 is 1.34. The van der Waals surface area contributed by atoms with Crippen molar-refractivity contribution in [1.82, 2.24) is 14.5 Å². The zero-order valence-electron chi connectivity index (χ0n) is 18.8. The molecule has 170 valence electrons. The lowest BCUT2D eigenvalue weighted by molar-refractivity contribution is -0.135. The van der Waals surface area contributed by atoms with E-state index in [0.717, 1.165) is 11.1 Å². The Labute approximate surface area is 188 Å². The van der Waals surface area contributed by atoms with E-state index >= 15 is 0 Å². The van der Waals surface area contributed by atoms with E-state index in [9.17, 15) is 14.7 Å². The third kappa shape index (κ3) is 5.31. The topological polar surface area (TPSA) is 114 Å². The Bertz CT molecular complexity index is 1070. The van der Waals surface area contributed by atoms with Crippen molar-refractivity contribution in [1.29, 1.82) is 0 Å². The zero-order chi connectivity index (χ0) is 23.3. The van der Waals surface area contributed by atoms with E-state index < -0.39 is 11.2 Å². The summed E-state index contributed by atoms with van der Waals surface area (Å²) in [6, 6.07) is 9.41. The van der Waals surface area contributed by atoms with Gasteiger partial charge < -0.3 is 15.7 Å². The van der Waals surface area contributed by atoms with Crippen LogP contribution in [-0.4, -0.2) is 56.9 Å². The predicted octanol–water partition coefficient (Wildman–Crippen LogP) is 2.00. The molecule has 8 nitrogen and oxygen atoms in total. The van der Waals surface area contributed by atoms with Crippen molar-refractivity contribution >= 4 is 17.3 Å². The third-order valence-electron chi connectivity index (χ3n) is 5.84. The number of hydrogen-bond donors (Lipinski definition) is 2. The van der Waals surface area contributed by atoms with Gasteiger partial charge in [-0.05, 0) is 26.2 Å². The molecule has 1 fully saturated rings. The molecular formula is C24H31N5O3. The number of benzene rings is 1. The Morgan fingerprint density at radius 1 is 1.25 bits per heavy atom. The number of aromatic nitrogens is 2. The van der Waals surface area contributed by atoms with Gasteiger partial charge in [0.15, 0.2) is 0 Å². The molecule has 0 spiro atoms. The second-order valence-electron chi connectivity index (χ2n) is 8.44. The van der Waals surface area contributed by atoms with Crippen molar-refractivity contribution in [2.45, 2.75) is 44.8 Å². The Morgan fingerprint density at radius 2 is 1.91 bits per heavy atom. The number of piperidine rings is 1. The zero-order valence-corrected chi connectivity index (χ0v) is 18.8. The third-order valence-corrected chi connectivity index (χ3v) is 5.84. The van der Waals surface area contributed by atoms with Gasteiger partial charge in [-0.25, -0.2) is 4.98 Å². The van der Waals surface area contributed by atoms with Crippen molar-refractivity contribution in [3.8, 4) is 0 Å². The van der Waals surface area contributed by atoms with Crippen molar-refractivity contribution < 1.29 is 9.90 Å². The molecule has 0 unspecified atom stereocenters. The maximum atomic E-state index is 12.9. The average Bonchev–Trinajstić information content (AvgIpc) is 2.78. The van der Waals surface area contributed by atoms with E-state index in [4.69, 9.17) is 5.73 Å². The summed E-state index contributed by atoms with van der Waals surface area (Å²) in [5, 5.41) is 11.1. The molecule has 32 heavy (non-hydrogen) atoms. The number of likely N-dealkylation sites (tertiary alicyclic amines) is 1. The number of carbonyl (C=O) groups is 1. The number of carbonyl (C=O) groups excluding carboxylic acids is 1. The first-order valence-electron chi connectivity index (χ1n) is 10.8. The first-order chi connectivity index (χ1) is 15.2. The van der Waals surface area contributed by atoms with Crippen LogP contribution in [-0.2, 0) is 11.3 Å². The van der Waals surface area contributed by atoms with Gasteiger partial charge in [0.1, 0.15) is 11.4 Å². The van der Waals surface area contributed by atoms with Gasteiger partial charge in [0.25, 0.3) is 5.56 Å². The molecule has 1 aliphatic rings. The number of aliphatic hydroxyl groups is 1.